The molecule has 0 fully saturated rings. The van der Waals surface area contributed by atoms with Crippen molar-refractivity contribution in [1.29, 1.82) is 0 Å². The van der Waals surface area contributed by atoms with E-state index in [9.17, 15) is 4.79 Å². The van der Waals surface area contributed by atoms with Gasteiger partial charge in [-0.05, 0) is 12.5 Å². The molecular weight excluding hydrogens is 212 g/mol. The van der Waals surface area contributed by atoms with E-state index in [0.29, 0.717) is 32.0 Å². The number of nitrogens with one attached hydrogen (secondary N) is 1. The highest BCUT2D eigenvalue weighted by Gasteiger charge is 2.05. The van der Waals surface area contributed by atoms with E-state index in [-0.39, 0.29) is 5.78 Å². The van der Waals surface area contributed by atoms with Gasteiger partial charge in [0.1, 0.15) is 0 Å². The molecule has 4 nitrogen and oxygen atoms in total. The van der Waals surface area contributed by atoms with Crippen LogP contribution in [0.15, 0.2) is 11.3 Å². The summed E-state index contributed by atoms with van der Waals surface area (Å²) in [6.45, 7) is 5.46. The number of hydrogen-bond acceptors (Lipinski definition) is 5. The van der Waals surface area contributed by atoms with Gasteiger partial charge in [-0.1, -0.05) is 12.2 Å². The summed E-state index contributed by atoms with van der Waals surface area (Å²) in [5.74, 6) is -0.0209. The number of allylic oxidation sites excluding steroid dienone is 2. The SMILES string of the molecule is CC(=O)/C(NCCOCCN)=C(/C)C=S. The Kier molecular flexibility index (Phi) is 8.08. The molecule has 0 atom stereocenters. The predicted octanol–water partition coefficient (Wildman–Crippen LogP) is 0.414. The first kappa shape index (κ1) is 14.2. The van der Waals surface area contributed by atoms with Gasteiger partial charge in [-0.2, -0.15) is 0 Å². The fourth-order valence-electron chi connectivity index (χ4n) is 1.03. The standard InChI is InChI=1S/C10H18N2O2S/c1-8(7-15)10(9(2)13)12-4-6-14-5-3-11/h7,12H,3-6,11H2,1-2H3/b10-8+. The van der Waals surface area contributed by atoms with Gasteiger partial charge in [-0.25, -0.2) is 0 Å². The Bertz CT molecular complexity index is 252. The van der Waals surface area contributed by atoms with Gasteiger partial charge in [0.05, 0.1) is 18.9 Å². The fourth-order valence-corrected chi connectivity index (χ4v) is 1.15. The van der Waals surface area contributed by atoms with Crippen molar-refractivity contribution in [2.75, 3.05) is 26.3 Å². The van der Waals surface area contributed by atoms with Gasteiger partial charge in [0.2, 0.25) is 0 Å². The minimum absolute atomic E-state index is 0.0209. The molecule has 0 amide bonds. The van der Waals surface area contributed by atoms with Gasteiger partial charge in [0.15, 0.2) is 5.78 Å². The molecule has 0 saturated carbocycles. The molecule has 0 bridgehead atoms. The number of ketones is 1. The average molecular weight is 230 g/mol. The molecule has 0 unspecified atom stereocenters. The molecule has 0 aromatic heterocycles. The van der Waals surface area contributed by atoms with Crippen molar-refractivity contribution in [2.24, 2.45) is 5.73 Å². The van der Waals surface area contributed by atoms with Crippen LogP contribution in [0.25, 0.3) is 0 Å². The van der Waals surface area contributed by atoms with Crippen LogP contribution in [-0.2, 0) is 9.53 Å². The van der Waals surface area contributed by atoms with Crippen LogP contribution in [0.4, 0.5) is 0 Å². The zero-order chi connectivity index (χ0) is 11.7. The van der Waals surface area contributed by atoms with Gasteiger partial charge in [-0.3, -0.25) is 4.79 Å². The molecule has 0 aliphatic carbocycles. The second kappa shape index (κ2) is 8.52. The molecule has 5 heteroatoms. The Morgan fingerprint density at radius 1 is 1.47 bits per heavy atom. The summed E-state index contributed by atoms with van der Waals surface area (Å²) in [4.78, 5) is 11.2. The molecule has 0 saturated heterocycles. The molecule has 0 rings (SSSR count). The van der Waals surface area contributed by atoms with Crippen molar-refractivity contribution in [3.05, 3.63) is 11.3 Å². The molecule has 0 aliphatic rings. The third-order valence-corrected chi connectivity index (χ3v) is 2.09. The number of ether oxygens (including phenoxy) is 1. The van der Waals surface area contributed by atoms with Crippen LogP contribution in [0.5, 0.6) is 0 Å². The summed E-state index contributed by atoms with van der Waals surface area (Å²) < 4.78 is 5.17. The van der Waals surface area contributed by atoms with Gasteiger partial charge in [0.25, 0.3) is 0 Å². The minimum atomic E-state index is -0.0209. The molecule has 0 spiro atoms. The van der Waals surface area contributed by atoms with E-state index in [1.54, 1.807) is 6.92 Å². The van der Waals surface area contributed by atoms with E-state index >= 15 is 0 Å². The average Bonchev–Trinajstić information content (AvgIpc) is 2.22. The lowest BCUT2D eigenvalue weighted by Crippen LogP contribution is -2.25. The maximum absolute atomic E-state index is 11.2. The fraction of sp³-hybridized carbons (Fsp3) is 0.600. The van der Waals surface area contributed by atoms with Crippen molar-refractivity contribution < 1.29 is 9.53 Å². The highest BCUT2D eigenvalue weighted by Crippen LogP contribution is 1.99. The van der Waals surface area contributed by atoms with E-state index in [2.05, 4.69) is 5.32 Å². The Morgan fingerprint density at radius 2 is 2.13 bits per heavy atom. The highest BCUT2D eigenvalue weighted by molar-refractivity contribution is 7.79. The molecule has 0 aliphatic heterocycles. The van der Waals surface area contributed by atoms with Gasteiger partial charge in [-0.15, -0.1) is 0 Å². The highest BCUT2D eigenvalue weighted by atomic mass is 32.1. The van der Waals surface area contributed by atoms with Crippen LogP contribution < -0.4 is 11.1 Å². The largest absolute Gasteiger partial charge is 0.380 e. The first-order chi connectivity index (χ1) is 7.13. The van der Waals surface area contributed by atoms with Crippen LogP contribution >= 0.6 is 12.2 Å². The molecule has 0 radical (unpaired) electrons. The van der Waals surface area contributed by atoms with E-state index < -0.39 is 0 Å². The van der Waals surface area contributed by atoms with Crippen molar-refractivity contribution in [3.63, 3.8) is 0 Å². The Labute approximate surface area is 95.9 Å². The Hall–Kier alpha value is -0.780. The number of Topliss-reactive ketones (excluding diaryl/α,β-unsaturated/α-hetero) is 1. The van der Waals surface area contributed by atoms with Crippen LogP contribution in [-0.4, -0.2) is 37.5 Å². The lowest BCUT2D eigenvalue weighted by atomic mass is 10.2. The van der Waals surface area contributed by atoms with E-state index in [0.717, 1.165) is 5.57 Å². The van der Waals surface area contributed by atoms with Gasteiger partial charge in [0, 0.05) is 25.4 Å². The summed E-state index contributed by atoms with van der Waals surface area (Å²) in [6, 6.07) is 0. The van der Waals surface area contributed by atoms with E-state index in [4.69, 9.17) is 22.7 Å². The number of thiocarbonyl (C=S) groups is 1. The molecular formula is C10H18N2O2S. The summed E-state index contributed by atoms with van der Waals surface area (Å²) in [6.07, 6.45) is 0. The maximum atomic E-state index is 11.2. The van der Waals surface area contributed by atoms with Crippen LogP contribution in [0.3, 0.4) is 0 Å². The zero-order valence-corrected chi connectivity index (χ0v) is 10.0. The summed E-state index contributed by atoms with van der Waals surface area (Å²) in [7, 11) is 0. The summed E-state index contributed by atoms with van der Waals surface area (Å²) in [5.41, 5.74) is 6.59. The number of nitrogens with two attached hydrogens (primary N) is 1. The molecule has 86 valence electrons. The van der Waals surface area contributed by atoms with E-state index in [1.165, 1.54) is 12.3 Å². The zero-order valence-electron chi connectivity index (χ0n) is 9.21. The topological polar surface area (TPSA) is 64.3 Å². The maximum Gasteiger partial charge on any atom is 0.175 e. The number of carbonyl (C=O) groups is 1. The van der Waals surface area contributed by atoms with Crippen LogP contribution in [0.2, 0.25) is 0 Å². The monoisotopic (exact) mass is 230 g/mol. The predicted molar refractivity (Wildman–Crippen MR) is 64.9 cm³/mol. The first-order valence-corrected chi connectivity index (χ1v) is 5.29. The minimum Gasteiger partial charge on any atom is -0.380 e. The number of carbonyl (C=O) groups excluding carboxylic acids is 1. The molecule has 0 heterocycles. The third kappa shape index (κ3) is 6.33. The lowest BCUT2D eigenvalue weighted by Gasteiger charge is -2.10. The first-order valence-electron chi connectivity index (χ1n) is 4.82. The van der Waals surface area contributed by atoms with Gasteiger partial charge < -0.3 is 15.8 Å². The van der Waals surface area contributed by atoms with E-state index in [1.807, 2.05) is 0 Å². The van der Waals surface area contributed by atoms with Crippen LogP contribution in [0.1, 0.15) is 13.8 Å². The van der Waals surface area contributed by atoms with Crippen molar-refractivity contribution in [3.8, 4) is 0 Å². The number of rotatable bonds is 8. The second-order valence-corrected chi connectivity index (χ2v) is 3.30. The smallest absolute Gasteiger partial charge is 0.175 e. The van der Waals surface area contributed by atoms with Gasteiger partial charge >= 0.3 is 0 Å². The number of hydrogen-bond donors (Lipinski definition) is 2. The summed E-state index contributed by atoms with van der Waals surface area (Å²) in [5, 5.41) is 4.49. The Morgan fingerprint density at radius 3 is 2.60 bits per heavy atom. The normalized spacial score (nSPS) is 11.9. The molecule has 0 aromatic carbocycles. The Balaban J connectivity index is 3.99. The van der Waals surface area contributed by atoms with Crippen molar-refractivity contribution in [2.45, 2.75) is 13.8 Å². The van der Waals surface area contributed by atoms with Crippen molar-refractivity contribution >= 4 is 23.4 Å². The van der Waals surface area contributed by atoms with Crippen LogP contribution in [0, 0.1) is 0 Å². The molecule has 0 aromatic rings. The van der Waals surface area contributed by atoms with Crippen molar-refractivity contribution in [1.82, 2.24) is 5.32 Å². The third-order valence-electron chi connectivity index (χ3n) is 1.73. The second-order valence-electron chi connectivity index (χ2n) is 3.06. The summed E-state index contributed by atoms with van der Waals surface area (Å²) >= 11 is 4.77. The lowest BCUT2D eigenvalue weighted by molar-refractivity contribution is -0.114. The molecule has 3 N–H and O–H groups in total. The molecule has 15 heavy (non-hydrogen) atoms. The quantitative estimate of drug-likeness (QED) is 0.359.